The summed E-state index contributed by atoms with van der Waals surface area (Å²) in [5, 5.41) is 7.01. The second-order valence-electron chi connectivity index (χ2n) is 7.60. The summed E-state index contributed by atoms with van der Waals surface area (Å²) >= 11 is 0. The van der Waals surface area contributed by atoms with Gasteiger partial charge in [-0.2, -0.15) is 0 Å². The molecule has 2 aliphatic rings. The zero-order valence-electron chi connectivity index (χ0n) is 17.4. The Hall–Kier alpha value is -0.120. The molecule has 0 aromatic rings. The fraction of sp³-hybridized carbons (Fsp3) is 0.950. The molecule has 2 heterocycles. The van der Waals surface area contributed by atoms with E-state index in [1.54, 1.807) is 0 Å². The van der Waals surface area contributed by atoms with Crippen LogP contribution < -0.4 is 10.6 Å². The summed E-state index contributed by atoms with van der Waals surface area (Å²) in [6.45, 7) is 10.3. The zero-order valence-corrected chi connectivity index (χ0v) is 19.7. The van der Waals surface area contributed by atoms with E-state index in [2.05, 4.69) is 27.4 Å². The highest BCUT2D eigenvalue weighted by molar-refractivity contribution is 14.0. The Morgan fingerprint density at radius 1 is 1.15 bits per heavy atom. The molecular weight excluding hydrogens is 455 g/mol. The first-order chi connectivity index (χ1) is 12.8. The molecule has 0 unspecified atom stereocenters. The molecule has 2 fully saturated rings. The molecule has 6 nitrogen and oxygen atoms in total. The Balaban J connectivity index is 0.00000364. The van der Waals surface area contributed by atoms with E-state index in [-0.39, 0.29) is 24.0 Å². The van der Waals surface area contributed by atoms with Crippen molar-refractivity contribution >= 4 is 29.9 Å². The van der Waals surface area contributed by atoms with Crippen molar-refractivity contribution in [2.45, 2.75) is 57.9 Å². The molecule has 2 aliphatic heterocycles. The number of halogens is 1. The predicted octanol–water partition coefficient (Wildman–Crippen LogP) is 2.87. The first-order valence-corrected chi connectivity index (χ1v) is 10.7. The molecule has 27 heavy (non-hydrogen) atoms. The lowest BCUT2D eigenvalue weighted by Gasteiger charge is -2.33. The maximum Gasteiger partial charge on any atom is 0.191 e. The minimum atomic E-state index is 0. The molecular formula is C20H41IN4O2. The minimum absolute atomic E-state index is 0. The molecule has 160 valence electrons. The Kier molecular flexibility index (Phi) is 14.5. The van der Waals surface area contributed by atoms with Crippen LogP contribution in [0.3, 0.4) is 0 Å². The summed E-state index contributed by atoms with van der Waals surface area (Å²) in [7, 11) is 1.85. The number of hydrogen-bond acceptors (Lipinski definition) is 4. The van der Waals surface area contributed by atoms with Crippen LogP contribution in [0, 0.1) is 5.92 Å². The van der Waals surface area contributed by atoms with E-state index in [4.69, 9.17) is 9.47 Å². The van der Waals surface area contributed by atoms with Gasteiger partial charge in [0.05, 0.1) is 0 Å². The molecule has 7 heteroatoms. The highest BCUT2D eigenvalue weighted by Crippen LogP contribution is 2.14. The van der Waals surface area contributed by atoms with Gasteiger partial charge in [0.25, 0.3) is 0 Å². The first kappa shape index (κ1) is 24.9. The minimum Gasteiger partial charge on any atom is -0.381 e. The maximum atomic E-state index is 5.82. The Labute approximate surface area is 183 Å². The lowest BCUT2D eigenvalue weighted by atomic mass is 10.0. The number of piperidine rings is 1. The standard InChI is InChI=1S/C20H40N4O2.HI/c1-3-4-11-24-12-6-19(7-13-24)23-20(21-2)22-10-5-14-26-17-18-8-15-25-16-9-18;/h18-19H,3-17H2,1-2H3,(H2,21,22,23);1H. The van der Waals surface area contributed by atoms with Crippen LogP contribution in [0.1, 0.15) is 51.9 Å². The van der Waals surface area contributed by atoms with E-state index in [1.165, 1.54) is 45.3 Å². The van der Waals surface area contributed by atoms with Gasteiger partial charge in [-0.05, 0) is 51.0 Å². The monoisotopic (exact) mass is 496 g/mol. The van der Waals surface area contributed by atoms with E-state index >= 15 is 0 Å². The molecule has 2 N–H and O–H groups in total. The van der Waals surface area contributed by atoms with E-state index in [9.17, 15) is 0 Å². The van der Waals surface area contributed by atoms with Crippen molar-refractivity contribution in [2.75, 3.05) is 59.7 Å². The van der Waals surface area contributed by atoms with E-state index in [0.29, 0.717) is 12.0 Å². The normalized spacial score (nSPS) is 20.3. The molecule has 0 amide bonds. The third-order valence-electron chi connectivity index (χ3n) is 5.43. The van der Waals surface area contributed by atoms with Crippen molar-refractivity contribution in [3.8, 4) is 0 Å². The van der Waals surface area contributed by atoms with Gasteiger partial charge in [0.15, 0.2) is 5.96 Å². The third-order valence-corrected chi connectivity index (χ3v) is 5.43. The molecule has 2 saturated heterocycles. The molecule has 0 saturated carbocycles. The number of hydrogen-bond donors (Lipinski definition) is 2. The summed E-state index contributed by atoms with van der Waals surface area (Å²) in [6.07, 6.45) is 8.32. The van der Waals surface area contributed by atoms with Gasteiger partial charge < -0.3 is 25.0 Å². The molecule has 0 radical (unpaired) electrons. The number of rotatable bonds is 10. The lowest BCUT2D eigenvalue weighted by molar-refractivity contribution is 0.0203. The maximum absolute atomic E-state index is 5.82. The predicted molar refractivity (Wildman–Crippen MR) is 123 cm³/mol. The van der Waals surface area contributed by atoms with Crippen LogP contribution in [0.5, 0.6) is 0 Å². The summed E-state index contributed by atoms with van der Waals surface area (Å²) in [6, 6.07) is 0.545. The molecule has 0 spiro atoms. The lowest BCUT2D eigenvalue weighted by Crippen LogP contribution is -2.49. The molecule has 0 aliphatic carbocycles. The topological polar surface area (TPSA) is 58.1 Å². The van der Waals surface area contributed by atoms with Crippen LogP contribution >= 0.6 is 24.0 Å². The molecule has 0 aromatic heterocycles. The van der Waals surface area contributed by atoms with E-state index in [0.717, 1.165) is 58.2 Å². The number of ether oxygens (including phenoxy) is 2. The number of nitrogens with zero attached hydrogens (tertiary/aromatic N) is 2. The highest BCUT2D eigenvalue weighted by Gasteiger charge is 2.19. The van der Waals surface area contributed by atoms with Crippen molar-refractivity contribution < 1.29 is 9.47 Å². The van der Waals surface area contributed by atoms with Crippen molar-refractivity contribution in [3.63, 3.8) is 0 Å². The number of nitrogens with one attached hydrogen (secondary N) is 2. The van der Waals surface area contributed by atoms with Crippen molar-refractivity contribution in [2.24, 2.45) is 10.9 Å². The SMILES string of the molecule is CCCCN1CCC(NC(=NC)NCCCOCC2CCOCC2)CC1.I. The fourth-order valence-electron chi connectivity index (χ4n) is 3.61. The van der Waals surface area contributed by atoms with E-state index < -0.39 is 0 Å². The van der Waals surface area contributed by atoms with Gasteiger partial charge in [0.1, 0.15) is 0 Å². The van der Waals surface area contributed by atoms with Gasteiger partial charge in [0, 0.05) is 59.2 Å². The third kappa shape index (κ3) is 10.9. The van der Waals surface area contributed by atoms with Gasteiger partial charge in [0.2, 0.25) is 0 Å². The second-order valence-corrected chi connectivity index (χ2v) is 7.60. The number of unbranched alkanes of at least 4 members (excludes halogenated alkanes) is 1. The first-order valence-electron chi connectivity index (χ1n) is 10.7. The Bertz CT molecular complexity index is 384. The molecule has 0 bridgehead atoms. The fourth-order valence-corrected chi connectivity index (χ4v) is 3.61. The van der Waals surface area contributed by atoms with E-state index in [1.807, 2.05) is 7.05 Å². The van der Waals surface area contributed by atoms with Crippen molar-refractivity contribution in [1.29, 1.82) is 0 Å². The van der Waals surface area contributed by atoms with Crippen LogP contribution in [0.4, 0.5) is 0 Å². The smallest absolute Gasteiger partial charge is 0.191 e. The summed E-state index contributed by atoms with van der Waals surface area (Å²) in [5.41, 5.74) is 0. The molecule has 0 aromatic carbocycles. The van der Waals surface area contributed by atoms with Crippen LogP contribution in [0.2, 0.25) is 0 Å². The van der Waals surface area contributed by atoms with Gasteiger partial charge >= 0.3 is 0 Å². The zero-order chi connectivity index (χ0) is 18.5. The van der Waals surface area contributed by atoms with Gasteiger partial charge in [-0.15, -0.1) is 24.0 Å². The summed E-state index contributed by atoms with van der Waals surface area (Å²) in [5.74, 6) is 1.62. The highest BCUT2D eigenvalue weighted by atomic mass is 127. The average molecular weight is 496 g/mol. The second kappa shape index (κ2) is 15.8. The largest absolute Gasteiger partial charge is 0.381 e. The van der Waals surface area contributed by atoms with Crippen molar-refractivity contribution in [3.05, 3.63) is 0 Å². The van der Waals surface area contributed by atoms with Crippen molar-refractivity contribution in [1.82, 2.24) is 15.5 Å². The number of guanidine groups is 1. The quantitative estimate of drug-likeness (QED) is 0.211. The van der Waals surface area contributed by atoms with Crippen LogP contribution in [0.15, 0.2) is 4.99 Å². The van der Waals surface area contributed by atoms with Crippen LogP contribution in [-0.4, -0.2) is 76.6 Å². The van der Waals surface area contributed by atoms with Gasteiger partial charge in [-0.3, -0.25) is 4.99 Å². The Morgan fingerprint density at radius 3 is 2.56 bits per heavy atom. The number of aliphatic imine (C=N–C) groups is 1. The van der Waals surface area contributed by atoms with Crippen LogP contribution in [0.25, 0.3) is 0 Å². The average Bonchev–Trinajstić information content (AvgIpc) is 2.69. The molecule has 0 atom stereocenters. The Morgan fingerprint density at radius 2 is 1.89 bits per heavy atom. The van der Waals surface area contributed by atoms with Gasteiger partial charge in [-0.1, -0.05) is 13.3 Å². The summed E-state index contributed by atoms with van der Waals surface area (Å²) in [4.78, 5) is 6.96. The number of likely N-dealkylation sites (tertiary alicyclic amines) is 1. The van der Waals surface area contributed by atoms with Crippen LogP contribution in [-0.2, 0) is 9.47 Å². The molecule has 2 rings (SSSR count). The summed E-state index contributed by atoms with van der Waals surface area (Å²) < 4.78 is 11.2. The van der Waals surface area contributed by atoms with Gasteiger partial charge in [-0.25, -0.2) is 0 Å².